The lowest BCUT2D eigenvalue weighted by Gasteiger charge is -2.25. The fraction of sp³-hybridized carbons (Fsp3) is 0.120. The Labute approximate surface area is 193 Å². The molecule has 1 N–H and O–H groups in total. The third-order valence-corrected chi connectivity index (χ3v) is 5.72. The molecule has 3 aromatic carbocycles. The number of aliphatic hydroxyl groups is 1. The minimum atomic E-state index is -1.17. The van der Waals surface area contributed by atoms with Crippen LogP contribution in [0.15, 0.2) is 66.2 Å². The molecule has 0 radical (unpaired) electrons. The molecule has 0 bridgehead atoms. The van der Waals surface area contributed by atoms with Gasteiger partial charge in [0.2, 0.25) is 0 Å². The van der Waals surface area contributed by atoms with Crippen LogP contribution in [-0.4, -0.2) is 23.9 Å². The molecule has 1 aliphatic heterocycles. The van der Waals surface area contributed by atoms with Gasteiger partial charge in [0, 0.05) is 17.3 Å². The number of amides is 1. The number of ketones is 1. The zero-order valence-corrected chi connectivity index (χ0v) is 18.4. The van der Waals surface area contributed by atoms with E-state index in [1.807, 2.05) is 13.0 Å². The summed E-state index contributed by atoms with van der Waals surface area (Å²) in [4.78, 5) is 27.2. The van der Waals surface area contributed by atoms with Crippen molar-refractivity contribution in [2.24, 2.45) is 0 Å². The second-order valence-electron chi connectivity index (χ2n) is 7.53. The Morgan fingerprint density at radius 1 is 1.03 bits per heavy atom. The minimum Gasteiger partial charge on any atom is -0.507 e. The summed E-state index contributed by atoms with van der Waals surface area (Å²) in [6.07, 6.45) is 0. The SMILES string of the molecule is COc1cc(/C(O)=C2\C(=O)C(=O)N(c3ccc(F)c(F)c3)C2c2cccc(C)c2)ccc1Cl. The van der Waals surface area contributed by atoms with Crippen LogP contribution in [0.2, 0.25) is 5.02 Å². The second-order valence-corrected chi connectivity index (χ2v) is 7.94. The molecule has 3 aromatic rings. The lowest BCUT2D eigenvalue weighted by atomic mass is 9.94. The average Bonchev–Trinajstić information content (AvgIpc) is 3.06. The van der Waals surface area contributed by atoms with Gasteiger partial charge < -0.3 is 9.84 Å². The predicted molar refractivity (Wildman–Crippen MR) is 120 cm³/mol. The number of Topliss-reactive ketones (excluding diaryl/α,β-unsaturated/α-hetero) is 1. The number of aryl methyl sites for hydroxylation is 1. The first-order chi connectivity index (χ1) is 15.7. The first kappa shape index (κ1) is 22.5. The summed E-state index contributed by atoms with van der Waals surface area (Å²) in [5.74, 6) is -4.37. The van der Waals surface area contributed by atoms with Crippen LogP contribution < -0.4 is 9.64 Å². The maximum atomic E-state index is 14.0. The molecule has 1 aliphatic rings. The highest BCUT2D eigenvalue weighted by Crippen LogP contribution is 2.43. The molecule has 33 heavy (non-hydrogen) atoms. The van der Waals surface area contributed by atoms with Crippen LogP contribution in [0.5, 0.6) is 5.75 Å². The molecule has 0 aromatic heterocycles. The molecule has 1 amide bonds. The fourth-order valence-electron chi connectivity index (χ4n) is 3.85. The Morgan fingerprint density at radius 2 is 1.79 bits per heavy atom. The number of hydrogen-bond acceptors (Lipinski definition) is 4. The highest BCUT2D eigenvalue weighted by atomic mass is 35.5. The van der Waals surface area contributed by atoms with Gasteiger partial charge in [-0.2, -0.15) is 0 Å². The molecule has 8 heteroatoms. The summed E-state index contributed by atoms with van der Waals surface area (Å²) in [5.41, 5.74) is 1.35. The van der Waals surface area contributed by atoms with Crippen LogP contribution in [0.4, 0.5) is 14.5 Å². The van der Waals surface area contributed by atoms with Gasteiger partial charge in [0.25, 0.3) is 11.7 Å². The smallest absolute Gasteiger partial charge is 0.300 e. The van der Waals surface area contributed by atoms with Gasteiger partial charge in [-0.1, -0.05) is 41.4 Å². The molecule has 1 fully saturated rings. The Kier molecular flexibility index (Phi) is 5.91. The zero-order chi connectivity index (χ0) is 23.9. The molecular formula is C25H18ClF2NO4. The summed E-state index contributed by atoms with van der Waals surface area (Å²) in [7, 11) is 1.40. The average molecular weight is 470 g/mol. The van der Waals surface area contributed by atoms with Crippen molar-refractivity contribution >= 4 is 34.7 Å². The zero-order valence-electron chi connectivity index (χ0n) is 17.6. The maximum Gasteiger partial charge on any atom is 0.300 e. The van der Waals surface area contributed by atoms with Gasteiger partial charge in [-0.05, 0) is 42.8 Å². The summed E-state index contributed by atoms with van der Waals surface area (Å²) < 4.78 is 32.7. The number of methoxy groups -OCH3 is 1. The van der Waals surface area contributed by atoms with E-state index in [0.29, 0.717) is 10.6 Å². The molecule has 168 valence electrons. The van der Waals surface area contributed by atoms with E-state index in [1.54, 1.807) is 18.2 Å². The molecule has 0 aliphatic carbocycles. The highest BCUT2D eigenvalue weighted by Gasteiger charge is 2.47. The van der Waals surface area contributed by atoms with Crippen molar-refractivity contribution in [3.05, 3.63) is 99.6 Å². The van der Waals surface area contributed by atoms with Crippen LogP contribution >= 0.6 is 11.6 Å². The molecule has 1 saturated heterocycles. The van der Waals surface area contributed by atoms with Crippen LogP contribution in [0.1, 0.15) is 22.7 Å². The Hall–Kier alpha value is -3.71. The molecule has 4 rings (SSSR count). The van der Waals surface area contributed by atoms with Gasteiger partial charge in [0.1, 0.15) is 11.5 Å². The number of rotatable bonds is 4. The maximum absolute atomic E-state index is 14.0. The van der Waals surface area contributed by atoms with Crippen LogP contribution in [0, 0.1) is 18.6 Å². The Morgan fingerprint density at radius 3 is 2.45 bits per heavy atom. The lowest BCUT2D eigenvalue weighted by molar-refractivity contribution is -0.132. The van der Waals surface area contributed by atoms with E-state index in [-0.39, 0.29) is 22.6 Å². The quantitative estimate of drug-likeness (QED) is 0.308. The topological polar surface area (TPSA) is 66.8 Å². The summed E-state index contributed by atoms with van der Waals surface area (Å²) in [6.45, 7) is 1.83. The van der Waals surface area contributed by atoms with E-state index in [2.05, 4.69) is 0 Å². The van der Waals surface area contributed by atoms with Crippen LogP contribution in [0.25, 0.3) is 5.76 Å². The van der Waals surface area contributed by atoms with Crippen molar-refractivity contribution in [3.63, 3.8) is 0 Å². The van der Waals surface area contributed by atoms with E-state index in [0.717, 1.165) is 22.6 Å². The van der Waals surface area contributed by atoms with Gasteiger partial charge in [-0.15, -0.1) is 0 Å². The number of anilines is 1. The molecule has 5 nitrogen and oxygen atoms in total. The van der Waals surface area contributed by atoms with E-state index >= 15 is 0 Å². The van der Waals surface area contributed by atoms with Crippen molar-refractivity contribution in [3.8, 4) is 5.75 Å². The molecule has 1 heterocycles. The predicted octanol–water partition coefficient (Wildman–Crippen LogP) is 5.56. The first-order valence-corrected chi connectivity index (χ1v) is 10.3. The summed E-state index contributed by atoms with van der Waals surface area (Å²) in [5, 5.41) is 11.4. The van der Waals surface area contributed by atoms with Crippen molar-refractivity contribution in [1.29, 1.82) is 0 Å². The molecule has 1 atom stereocenters. The number of carbonyl (C=O) groups excluding carboxylic acids is 2. The van der Waals surface area contributed by atoms with Crippen LogP contribution in [-0.2, 0) is 9.59 Å². The van der Waals surface area contributed by atoms with E-state index in [9.17, 15) is 23.5 Å². The van der Waals surface area contributed by atoms with Crippen molar-refractivity contribution in [1.82, 2.24) is 0 Å². The number of benzene rings is 3. The second kappa shape index (κ2) is 8.67. The van der Waals surface area contributed by atoms with Crippen molar-refractivity contribution in [2.75, 3.05) is 12.0 Å². The fourth-order valence-corrected chi connectivity index (χ4v) is 4.05. The van der Waals surface area contributed by atoms with Crippen LogP contribution in [0.3, 0.4) is 0 Å². The summed E-state index contributed by atoms with van der Waals surface area (Å²) >= 11 is 6.07. The lowest BCUT2D eigenvalue weighted by Crippen LogP contribution is -2.29. The number of nitrogens with zero attached hydrogens (tertiary/aromatic N) is 1. The molecular weight excluding hydrogens is 452 g/mol. The van der Waals surface area contributed by atoms with Gasteiger partial charge >= 0.3 is 0 Å². The molecule has 1 unspecified atom stereocenters. The number of ether oxygens (including phenoxy) is 1. The van der Waals surface area contributed by atoms with E-state index < -0.39 is 35.1 Å². The number of aliphatic hydroxyl groups excluding tert-OH is 1. The number of hydrogen-bond donors (Lipinski definition) is 1. The monoisotopic (exact) mass is 469 g/mol. The van der Waals surface area contributed by atoms with E-state index in [4.69, 9.17) is 16.3 Å². The minimum absolute atomic E-state index is 0.0183. The van der Waals surface area contributed by atoms with Gasteiger partial charge in [0.05, 0.1) is 23.7 Å². The first-order valence-electron chi connectivity index (χ1n) is 9.89. The van der Waals surface area contributed by atoms with Gasteiger partial charge in [0.15, 0.2) is 11.6 Å². The highest BCUT2D eigenvalue weighted by molar-refractivity contribution is 6.51. The Balaban J connectivity index is 1.97. The standard InChI is InChI=1S/C25H18ClF2NO4/c1-13-4-3-5-14(10-13)22-21(23(30)15-6-8-17(26)20(11-15)33-2)24(31)25(32)29(22)16-7-9-18(27)19(28)12-16/h3-12,22,30H,1-2H3/b23-21+. The normalized spacial score (nSPS) is 17.5. The summed E-state index contributed by atoms with van der Waals surface area (Å²) in [6, 6.07) is 13.3. The Bertz CT molecular complexity index is 1320. The van der Waals surface area contributed by atoms with Crippen molar-refractivity contribution < 1.29 is 28.2 Å². The van der Waals surface area contributed by atoms with Crippen molar-refractivity contribution in [2.45, 2.75) is 13.0 Å². The number of carbonyl (C=O) groups is 2. The molecule has 0 spiro atoms. The third-order valence-electron chi connectivity index (χ3n) is 5.41. The van der Waals surface area contributed by atoms with Gasteiger partial charge in [-0.3, -0.25) is 14.5 Å². The largest absolute Gasteiger partial charge is 0.507 e. The van der Waals surface area contributed by atoms with Gasteiger partial charge in [-0.25, -0.2) is 8.78 Å². The molecule has 0 saturated carbocycles. The third kappa shape index (κ3) is 3.96. The number of halogens is 3. The van der Waals surface area contributed by atoms with E-state index in [1.165, 1.54) is 31.4 Å².